The van der Waals surface area contributed by atoms with E-state index in [-0.39, 0.29) is 15.8 Å². The summed E-state index contributed by atoms with van der Waals surface area (Å²) in [6.45, 7) is -0.757. The van der Waals surface area contributed by atoms with Crippen LogP contribution in [0.5, 0.6) is 11.5 Å². The fourth-order valence-corrected chi connectivity index (χ4v) is 4.94. The number of aromatic nitrogens is 3. The SMILES string of the molecule is O=S(=O)(c1cccc(-n2cccn2)c1Oc1ccccc1)N(CO)c1nccs1. The van der Waals surface area contributed by atoms with E-state index in [2.05, 4.69) is 10.1 Å². The Morgan fingerprint density at radius 3 is 2.55 bits per heavy atom. The molecule has 2 aromatic carbocycles. The lowest BCUT2D eigenvalue weighted by Crippen LogP contribution is -2.32. The highest BCUT2D eigenvalue weighted by atomic mass is 32.2. The van der Waals surface area contributed by atoms with Gasteiger partial charge in [0.15, 0.2) is 5.75 Å². The van der Waals surface area contributed by atoms with Crippen LogP contribution in [0.3, 0.4) is 0 Å². The maximum Gasteiger partial charge on any atom is 0.271 e. The molecule has 0 aliphatic carbocycles. The second-order valence-electron chi connectivity index (χ2n) is 5.78. The van der Waals surface area contributed by atoms with Gasteiger partial charge in [-0.3, -0.25) is 0 Å². The zero-order valence-corrected chi connectivity index (χ0v) is 16.6. The van der Waals surface area contributed by atoms with Crippen molar-refractivity contribution >= 4 is 26.5 Å². The van der Waals surface area contributed by atoms with Crippen molar-refractivity contribution in [2.24, 2.45) is 0 Å². The van der Waals surface area contributed by atoms with Crippen molar-refractivity contribution in [3.63, 3.8) is 0 Å². The highest BCUT2D eigenvalue weighted by Gasteiger charge is 2.31. The summed E-state index contributed by atoms with van der Waals surface area (Å²) < 4.78 is 35.2. The molecule has 0 fully saturated rings. The van der Waals surface area contributed by atoms with Gasteiger partial charge in [-0.1, -0.05) is 24.3 Å². The molecule has 0 aliphatic heterocycles. The summed E-state index contributed by atoms with van der Waals surface area (Å²) in [7, 11) is -4.17. The van der Waals surface area contributed by atoms with Gasteiger partial charge in [0.25, 0.3) is 10.0 Å². The lowest BCUT2D eigenvalue weighted by atomic mass is 10.3. The maximum absolute atomic E-state index is 13.4. The van der Waals surface area contributed by atoms with Crippen LogP contribution in [-0.4, -0.2) is 35.0 Å². The van der Waals surface area contributed by atoms with Gasteiger partial charge in [-0.15, -0.1) is 11.3 Å². The number of sulfonamides is 1. The van der Waals surface area contributed by atoms with Crippen LogP contribution in [0.15, 0.2) is 83.5 Å². The number of benzene rings is 2. The third-order valence-corrected chi connectivity index (χ3v) is 6.66. The smallest absolute Gasteiger partial charge is 0.271 e. The van der Waals surface area contributed by atoms with E-state index in [1.54, 1.807) is 60.2 Å². The Morgan fingerprint density at radius 2 is 1.90 bits per heavy atom. The van der Waals surface area contributed by atoms with Crippen molar-refractivity contribution < 1.29 is 18.3 Å². The molecule has 4 aromatic rings. The minimum atomic E-state index is -4.17. The minimum absolute atomic E-state index is 0.0948. The van der Waals surface area contributed by atoms with Crippen LogP contribution in [0, 0.1) is 0 Å². The number of aliphatic hydroxyl groups is 1. The fraction of sp³-hybridized carbons (Fsp3) is 0.0526. The lowest BCUT2D eigenvalue weighted by Gasteiger charge is -2.22. The van der Waals surface area contributed by atoms with E-state index in [0.29, 0.717) is 11.4 Å². The van der Waals surface area contributed by atoms with E-state index in [0.717, 1.165) is 15.6 Å². The summed E-state index contributed by atoms with van der Waals surface area (Å²) in [4.78, 5) is 3.90. The van der Waals surface area contributed by atoms with Crippen LogP contribution < -0.4 is 9.04 Å². The number of nitrogens with zero attached hydrogens (tertiary/aromatic N) is 4. The van der Waals surface area contributed by atoms with Crippen LogP contribution in [0.2, 0.25) is 0 Å². The third kappa shape index (κ3) is 3.73. The number of rotatable bonds is 7. The largest absolute Gasteiger partial charge is 0.454 e. The monoisotopic (exact) mass is 428 g/mol. The Kier molecular flexibility index (Phi) is 5.30. The van der Waals surface area contributed by atoms with Gasteiger partial charge < -0.3 is 9.84 Å². The molecule has 148 valence electrons. The maximum atomic E-state index is 13.4. The lowest BCUT2D eigenvalue weighted by molar-refractivity contribution is 0.308. The summed E-state index contributed by atoms with van der Waals surface area (Å²) in [5.74, 6) is 0.561. The topological polar surface area (TPSA) is 97.5 Å². The number of hydrogen-bond donors (Lipinski definition) is 1. The molecule has 1 N–H and O–H groups in total. The molecule has 0 saturated carbocycles. The summed E-state index contributed by atoms with van der Waals surface area (Å²) in [6.07, 6.45) is 4.75. The average Bonchev–Trinajstić information content (AvgIpc) is 3.44. The second-order valence-corrected chi connectivity index (χ2v) is 8.48. The van der Waals surface area contributed by atoms with Crippen molar-refractivity contribution in [2.75, 3.05) is 11.0 Å². The molecule has 0 amide bonds. The van der Waals surface area contributed by atoms with Crippen LogP contribution in [0.1, 0.15) is 0 Å². The van der Waals surface area contributed by atoms with E-state index in [1.165, 1.54) is 16.9 Å². The molecule has 0 saturated heterocycles. The Morgan fingerprint density at radius 1 is 1.07 bits per heavy atom. The molecule has 2 heterocycles. The zero-order valence-electron chi connectivity index (χ0n) is 15.0. The predicted octanol–water partition coefficient (Wildman–Crippen LogP) is 3.27. The molecule has 0 atom stereocenters. The normalized spacial score (nSPS) is 11.3. The van der Waals surface area contributed by atoms with Gasteiger partial charge in [-0.25, -0.2) is 22.4 Å². The van der Waals surface area contributed by atoms with Crippen molar-refractivity contribution in [1.29, 1.82) is 0 Å². The van der Waals surface area contributed by atoms with Crippen molar-refractivity contribution in [3.05, 3.63) is 78.6 Å². The Hall–Kier alpha value is -3.21. The molecule has 29 heavy (non-hydrogen) atoms. The predicted molar refractivity (Wildman–Crippen MR) is 109 cm³/mol. The van der Waals surface area contributed by atoms with E-state index in [9.17, 15) is 13.5 Å². The second kappa shape index (κ2) is 8.03. The fourth-order valence-electron chi connectivity index (χ4n) is 2.71. The quantitative estimate of drug-likeness (QED) is 0.454. The molecule has 0 spiro atoms. The Bertz CT molecular complexity index is 1180. The van der Waals surface area contributed by atoms with Crippen LogP contribution in [-0.2, 0) is 10.0 Å². The molecular formula is C19H16N4O4S2. The standard InChI is InChI=1S/C19H16N4O4S2/c24-14-23(19-20-11-13-28-19)29(25,26)17-9-4-8-16(22-12-5-10-21-22)18(17)27-15-6-2-1-3-7-15/h1-13,24H,14H2. The molecule has 0 unspecified atom stereocenters. The highest BCUT2D eigenvalue weighted by Crippen LogP contribution is 2.37. The number of ether oxygens (including phenoxy) is 1. The van der Waals surface area contributed by atoms with Gasteiger partial charge in [-0.2, -0.15) is 5.10 Å². The first-order valence-electron chi connectivity index (χ1n) is 8.50. The van der Waals surface area contributed by atoms with Gasteiger partial charge in [0, 0.05) is 24.0 Å². The number of anilines is 1. The first-order chi connectivity index (χ1) is 14.1. The Labute approximate surface area is 171 Å². The van der Waals surface area contributed by atoms with Gasteiger partial charge in [0.05, 0.1) is 0 Å². The van der Waals surface area contributed by atoms with Crippen LogP contribution in [0.4, 0.5) is 5.13 Å². The van der Waals surface area contributed by atoms with Crippen LogP contribution in [0.25, 0.3) is 5.69 Å². The third-order valence-electron chi connectivity index (χ3n) is 4.00. The summed E-state index contributed by atoms with van der Waals surface area (Å²) in [5, 5.41) is 15.8. The highest BCUT2D eigenvalue weighted by molar-refractivity contribution is 7.93. The molecule has 4 rings (SSSR count). The van der Waals surface area contributed by atoms with E-state index in [1.807, 2.05) is 6.07 Å². The van der Waals surface area contributed by atoms with Crippen molar-refractivity contribution in [3.8, 4) is 17.2 Å². The number of aliphatic hydroxyl groups excluding tert-OH is 1. The summed E-state index contributed by atoms with van der Waals surface area (Å²) in [6, 6.07) is 15.3. The first-order valence-corrected chi connectivity index (χ1v) is 10.8. The van der Waals surface area contributed by atoms with Gasteiger partial charge >= 0.3 is 0 Å². The minimum Gasteiger partial charge on any atom is -0.454 e. The number of thiazole rings is 1. The van der Waals surface area contributed by atoms with Gasteiger partial charge in [-0.05, 0) is 30.3 Å². The molecule has 0 bridgehead atoms. The van der Waals surface area contributed by atoms with E-state index < -0.39 is 16.8 Å². The molecule has 8 nitrogen and oxygen atoms in total. The van der Waals surface area contributed by atoms with E-state index >= 15 is 0 Å². The number of para-hydroxylation sites is 2. The average molecular weight is 428 g/mol. The summed E-state index contributed by atoms with van der Waals surface area (Å²) in [5.41, 5.74) is 0.442. The molecule has 0 radical (unpaired) electrons. The number of hydrogen-bond acceptors (Lipinski definition) is 7. The molecule has 10 heteroatoms. The Balaban J connectivity index is 1.90. The van der Waals surface area contributed by atoms with Gasteiger partial charge in [0.1, 0.15) is 23.1 Å². The van der Waals surface area contributed by atoms with Crippen molar-refractivity contribution in [2.45, 2.75) is 4.90 Å². The van der Waals surface area contributed by atoms with Gasteiger partial charge in [0.2, 0.25) is 5.13 Å². The molecular weight excluding hydrogens is 412 g/mol. The zero-order chi connectivity index (χ0) is 20.3. The van der Waals surface area contributed by atoms with E-state index in [4.69, 9.17) is 4.74 Å². The van der Waals surface area contributed by atoms with Crippen LogP contribution >= 0.6 is 11.3 Å². The molecule has 2 aromatic heterocycles. The molecule has 0 aliphatic rings. The van der Waals surface area contributed by atoms with Crippen molar-refractivity contribution in [1.82, 2.24) is 14.8 Å². The summed E-state index contributed by atoms with van der Waals surface area (Å²) >= 11 is 1.11. The first kappa shape index (κ1) is 19.1.